The number of aliphatic hydroxyl groups is 1. The van der Waals surface area contributed by atoms with E-state index in [2.05, 4.69) is 5.32 Å². The lowest BCUT2D eigenvalue weighted by molar-refractivity contribution is -0.207. The first-order valence-electron chi connectivity index (χ1n) is 13.9. The molecule has 0 aromatic carbocycles. The molecule has 3 aliphatic heterocycles. The Bertz CT molecular complexity index is 844. The summed E-state index contributed by atoms with van der Waals surface area (Å²) < 4.78 is 19.0. The SMILES string of the molecule is CC=C(C)C(=O)OC(C)(C)[C@@]1(CC2CCNC(N)C2)CC2CC3CC(CCCO)C(=O)OC3CC2O1. The first-order chi connectivity index (χ1) is 17.1. The molecule has 1 saturated carbocycles. The van der Waals surface area contributed by atoms with Gasteiger partial charge in [0.15, 0.2) is 0 Å². The van der Waals surface area contributed by atoms with Crippen molar-refractivity contribution >= 4 is 11.9 Å². The average Bonchev–Trinajstić information content (AvgIpc) is 3.19. The highest BCUT2D eigenvalue weighted by atomic mass is 16.6. The Morgan fingerprint density at radius 3 is 2.72 bits per heavy atom. The molecule has 36 heavy (non-hydrogen) atoms. The van der Waals surface area contributed by atoms with Crippen molar-refractivity contribution in [2.24, 2.45) is 29.4 Å². The van der Waals surface area contributed by atoms with E-state index in [1.165, 1.54) is 0 Å². The van der Waals surface area contributed by atoms with Gasteiger partial charge in [-0.05, 0) is 103 Å². The summed E-state index contributed by atoms with van der Waals surface area (Å²) in [6.45, 7) is 8.57. The van der Waals surface area contributed by atoms with Crippen LogP contribution in [0.5, 0.6) is 0 Å². The third-order valence-electron chi connectivity index (χ3n) is 9.35. The van der Waals surface area contributed by atoms with E-state index in [1.807, 2.05) is 20.8 Å². The molecule has 0 spiro atoms. The van der Waals surface area contributed by atoms with E-state index >= 15 is 0 Å². The summed E-state index contributed by atoms with van der Waals surface area (Å²) in [7, 11) is 0. The molecular weight excluding hydrogens is 460 g/mol. The molecule has 204 valence electrons. The minimum absolute atomic E-state index is 0.0239. The Balaban J connectivity index is 1.55. The lowest BCUT2D eigenvalue weighted by atomic mass is 9.68. The zero-order valence-corrected chi connectivity index (χ0v) is 22.5. The number of hydrogen-bond donors (Lipinski definition) is 3. The van der Waals surface area contributed by atoms with E-state index in [4.69, 9.17) is 19.9 Å². The van der Waals surface area contributed by atoms with Gasteiger partial charge in [-0.25, -0.2) is 4.79 Å². The molecule has 0 bridgehead atoms. The Hall–Kier alpha value is -1.48. The molecule has 4 N–H and O–H groups in total. The van der Waals surface area contributed by atoms with Crippen LogP contribution in [0.2, 0.25) is 0 Å². The molecule has 4 aliphatic rings. The number of fused-ring (bicyclic) bond motifs is 2. The van der Waals surface area contributed by atoms with Gasteiger partial charge >= 0.3 is 11.9 Å². The highest BCUT2D eigenvalue weighted by Gasteiger charge is 2.60. The minimum Gasteiger partial charge on any atom is -0.462 e. The fourth-order valence-corrected chi connectivity index (χ4v) is 7.07. The van der Waals surface area contributed by atoms with Crippen molar-refractivity contribution in [1.29, 1.82) is 0 Å². The highest BCUT2D eigenvalue weighted by molar-refractivity contribution is 5.88. The smallest absolute Gasteiger partial charge is 0.334 e. The van der Waals surface area contributed by atoms with Gasteiger partial charge in [-0.1, -0.05) is 6.08 Å². The molecule has 3 heterocycles. The van der Waals surface area contributed by atoms with Crippen LogP contribution >= 0.6 is 0 Å². The molecule has 7 unspecified atom stereocenters. The Morgan fingerprint density at radius 2 is 2.03 bits per heavy atom. The summed E-state index contributed by atoms with van der Waals surface area (Å²) in [6.07, 6.45) is 8.86. The maximum atomic E-state index is 12.9. The van der Waals surface area contributed by atoms with Gasteiger partial charge in [0, 0.05) is 18.6 Å². The number of nitrogens with two attached hydrogens (primary N) is 1. The molecule has 0 aromatic rings. The van der Waals surface area contributed by atoms with Crippen molar-refractivity contribution in [1.82, 2.24) is 5.32 Å². The standard InChI is InChI=1S/C28H46N2O6/c1-5-17(2)25(32)36-27(3,4)28(15-18-8-9-30-24(29)11-18)16-21-13-20-12-19(7-6-10-31)26(33)34-22(20)14-23(21)35-28/h5,18-24,30-31H,6-16,29H2,1-4H3/t18?,19?,20?,21?,22?,23?,24?,28-/m1/s1. The van der Waals surface area contributed by atoms with Gasteiger partial charge in [0.2, 0.25) is 0 Å². The van der Waals surface area contributed by atoms with Crippen molar-refractivity contribution in [2.45, 2.75) is 115 Å². The average molecular weight is 507 g/mol. The zero-order chi connectivity index (χ0) is 26.1. The second kappa shape index (κ2) is 11.1. The number of piperidine rings is 1. The van der Waals surface area contributed by atoms with Crippen molar-refractivity contribution in [3.05, 3.63) is 11.6 Å². The highest BCUT2D eigenvalue weighted by Crippen LogP contribution is 2.55. The Kier molecular flexibility index (Phi) is 8.49. The lowest BCUT2D eigenvalue weighted by Crippen LogP contribution is -2.55. The lowest BCUT2D eigenvalue weighted by Gasteiger charge is -2.46. The van der Waals surface area contributed by atoms with Crippen LogP contribution in [0.25, 0.3) is 0 Å². The maximum Gasteiger partial charge on any atom is 0.334 e. The number of nitrogens with one attached hydrogen (secondary N) is 1. The van der Waals surface area contributed by atoms with Gasteiger partial charge in [-0.15, -0.1) is 0 Å². The molecule has 8 nitrogen and oxygen atoms in total. The largest absolute Gasteiger partial charge is 0.462 e. The molecule has 0 amide bonds. The van der Waals surface area contributed by atoms with Crippen LogP contribution in [0.1, 0.15) is 85.5 Å². The van der Waals surface area contributed by atoms with Crippen LogP contribution in [-0.2, 0) is 23.8 Å². The van der Waals surface area contributed by atoms with Crippen LogP contribution in [0.4, 0.5) is 0 Å². The number of carbonyl (C=O) groups is 2. The zero-order valence-electron chi connectivity index (χ0n) is 22.5. The van der Waals surface area contributed by atoms with Crippen molar-refractivity contribution in [2.75, 3.05) is 13.2 Å². The summed E-state index contributed by atoms with van der Waals surface area (Å²) in [5, 5.41) is 12.5. The number of allylic oxidation sites excluding steroid dienone is 1. The quantitative estimate of drug-likeness (QED) is 0.339. The van der Waals surface area contributed by atoms with Gasteiger partial charge in [-0.3, -0.25) is 4.79 Å². The van der Waals surface area contributed by atoms with E-state index in [9.17, 15) is 14.7 Å². The predicted octanol–water partition coefficient (Wildman–Crippen LogP) is 3.21. The molecule has 8 heteroatoms. The van der Waals surface area contributed by atoms with Crippen molar-refractivity contribution < 1.29 is 28.9 Å². The molecule has 0 radical (unpaired) electrons. The van der Waals surface area contributed by atoms with E-state index in [1.54, 1.807) is 13.0 Å². The monoisotopic (exact) mass is 506 g/mol. The first-order valence-corrected chi connectivity index (χ1v) is 13.9. The predicted molar refractivity (Wildman–Crippen MR) is 136 cm³/mol. The molecule has 4 fully saturated rings. The Morgan fingerprint density at radius 1 is 1.25 bits per heavy atom. The number of hydrogen-bond acceptors (Lipinski definition) is 8. The van der Waals surface area contributed by atoms with E-state index in [0.29, 0.717) is 42.6 Å². The van der Waals surface area contributed by atoms with Crippen LogP contribution in [-0.4, -0.2) is 59.8 Å². The normalized spacial score (nSPS) is 39.2. The third kappa shape index (κ3) is 5.66. The topological polar surface area (TPSA) is 120 Å². The molecule has 4 rings (SSSR count). The summed E-state index contributed by atoms with van der Waals surface area (Å²) in [4.78, 5) is 25.5. The van der Waals surface area contributed by atoms with Crippen LogP contribution in [0.3, 0.4) is 0 Å². The van der Waals surface area contributed by atoms with Crippen LogP contribution in [0, 0.1) is 23.7 Å². The number of ether oxygens (including phenoxy) is 3. The maximum absolute atomic E-state index is 12.9. The van der Waals surface area contributed by atoms with Gasteiger partial charge in [0.05, 0.1) is 18.2 Å². The molecular formula is C28H46N2O6. The van der Waals surface area contributed by atoms with Crippen molar-refractivity contribution in [3.8, 4) is 0 Å². The summed E-state index contributed by atoms with van der Waals surface area (Å²) in [5.41, 5.74) is 5.37. The molecule has 8 atom stereocenters. The molecule has 1 aliphatic carbocycles. The summed E-state index contributed by atoms with van der Waals surface area (Å²) in [6, 6.07) is 0. The summed E-state index contributed by atoms with van der Waals surface area (Å²) in [5.74, 6) is 0.460. The van der Waals surface area contributed by atoms with E-state index < -0.39 is 11.2 Å². The van der Waals surface area contributed by atoms with E-state index in [0.717, 1.165) is 45.1 Å². The van der Waals surface area contributed by atoms with Gasteiger partial charge < -0.3 is 30.4 Å². The fraction of sp³-hybridized carbons (Fsp3) is 0.857. The second-order valence-corrected chi connectivity index (χ2v) is 12.1. The molecule has 0 aromatic heterocycles. The fourth-order valence-electron chi connectivity index (χ4n) is 7.07. The Labute approximate surface area is 215 Å². The third-order valence-corrected chi connectivity index (χ3v) is 9.35. The summed E-state index contributed by atoms with van der Waals surface area (Å²) >= 11 is 0. The van der Waals surface area contributed by atoms with Gasteiger partial charge in [0.1, 0.15) is 17.3 Å². The van der Waals surface area contributed by atoms with Crippen LogP contribution < -0.4 is 11.1 Å². The number of rotatable bonds is 8. The van der Waals surface area contributed by atoms with Gasteiger partial charge in [-0.2, -0.15) is 0 Å². The number of esters is 2. The first kappa shape index (κ1) is 27.6. The molecule has 3 saturated heterocycles. The second-order valence-electron chi connectivity index (χ2n) is 12.1. The van der Waals surface area contributed by atoms with Crippen LogP contribution in [0.15, 0.2) is 11.6 Å². The van der Waals surface area contributed by atoms with E-state index in [-0.39, 0.29) is 42.8 Å². The van der Waals surface area contributed by atoms with Gasteiger partial charge in [0.25, 0.3) is 0 Å². The van der Waals surface area contributed by atoms with Crippen molar-refractivity contribution in [3.63, 3.8) is 0 Å². The number of carbonyl (C=O) groups excluding carboxylic acids is 2. The number of aliphatic hydroxyl groups excluding tert-OH is 1. The minimum atomic E-state index is -0.827.